The second-order valence-corrected chi connectivity index (χ2v) is 8.70. The average molecular weight is 476 g/mol. The maximum atomic E-state index is 13.1. The SMILES string of the molecule is Cc1ccc(NC(=O)COc2cccc(/C=C3\SC(=Nc4ccc(F)cc4)NC3=O)c2)cc1C. The maximum absolute atomic E-state index is 13.1. The van der Waals surface area contributed by atoms with Gasteiger partial charge >= 0.3 is 0 Å². The lowest BCUT2D eigenvalue weighted by molar-refractivity contribution is -0.118. The van der Waals surface area contributed by atoms with Crippen molar-refractivity contribution >= 4 is 46.2 Å². The number of rotatable bonds is 6. The second kappa shape index (κ2) is 10.4. The van der Waals surface area contributed by atoms with Crippen LogP contribution in [-0.4, -0.2) is 23.6 Å². The highest BCUT2D eigenvalue weighted by Crippen LogP contribution is 2.29. The number of aliphatic imine (C=N–C) groups is 1. The number of carbonyl (C=O) groups excluding carboxylic acids is 2. The lowest BCUT2D eigenvalue weighted by Gasteiger charge is -2.09. The highest BCUT2D eigenvalue weighted by atomic mass is 32.2. The molecular weight excluding hydrogens is 453 g/mol. The predicted molar refractivity (Wildman–Crippen MR) is 134 cm³/mol. The molecule has 8 heteroatoms. The van der Waals surface area contributed by atoms with Gasteiger partial charge in [-0.1, -0.05) is 18.2 Å². The number of hydrogen-bond donors (Lipinski definition) is 2. The molecule has 1 aliphatic heterocycles. The zero-order valence-electron chi connectivity index (χ0n) is 18.6. The number of amidine groups is 1. The number of halogens is 1. The minimum absolute atomic E-state index is 0.142. The minimum atomic E-state index is -0.350. The van der Waals surface area contributed by atoms with Gasteiger partial charge in [0.15, 0.2) is 11.8 Å². The molecule has 1 aliphatic rings. The third-order valence-electron chi connectivity index (χ3n) is 5.02. The molecule has 3 aromatic carbocycles. The van der Waals surface area contributed by atoms with Gasteiger partial charge in [-0.05, 0) is 96.9 Å². The Bertz CT molecular complexity index is 1300. The van der Waals surface area contributed by atoms with Gasteiger partial charge in [0.2, 0.25) is 0 Å². The van der Waals surface area contributed by atoms with Crippen LogP contribution in [0.3, 0.4) is 0 Å². The summed E-state index contributed by atoms with van der Waals surface area (Å²) in [6.45, 7) is 3.86. The molecule has 0 saturated carbocycles. The molecule has 2 N–H and O–H groups in total. The summed E-state index contributed by atoms with van der Waals surface area (Å²) in [6, 6.07) is 18.5. The van der Waals surface area contributed by atoms with Crippen LogP contribution in [0.15, 0.2) is 76.6 Å². The van der Waals surface area contributed by atoms with E-state index >= 15 is 0 Å². The molecule has 0 atom stereocenters. The van der Waals surface area contributed by atoms with Crippen LogP contribution in [0.25, 0.3) is 6.08 Å². The molecule has 0 aliphatic carbocycles. The number of hydrogen-bond acceptors (Lipinski definition) is 5. The molecule has 2 amide bonds. The van der Waals surface area contributed by atoms with Gasteiger partial charge in [0.25, 0.3) is 11.8 Å². The third kappa shape index (κ3) is 6.11. The monoisotopic (exact) mass is 475 g/mol. The molecule has 0 radical (unpaired) electrons. The van der Waals surface area contributed by atoms with Crippen molar-refractivity contribution in [2.24, 2.45) is 4.99 Å². The van der Waals surface area contributed by atoms with E-state index in [-0.39, 0.29) is 24.2 Å². The molecule has 1 heterocycles. The standard InChI is InChI=1S/C26H22FN3O3S/c1-16-6-9-21(12-17(16)2)28-24(31)15-33-22-5-3-4-18(13-22)14-23-25(32)30-26(34-23)29-20-10-7-19(27)8-11-20/h3-14H,15H2,1-2H3,(H,28,31)(H,29,30,32)/b23-14-. The van der Waals surface area contributed by atoms with E-state index in [0.717, 1.165) is 22.4 Å². The molecule has 0 aromatic heterocycles. The Balaban J connectivity index is 1.38. The Morgan fingerprint density at radius 3 is 2.65 bits per heavy atom. The summed E-state index contributed by atoms with van der Waals surface area (Å²) in [5.41, 5.74) is 4.26. The van der Waals surface area contributed by atoms with E-state index < -0.39 is 0 Å². The summed E-state index contributed by atoms with van der Waals surface area (Å²) in [6.07, 6.45) is 1.72. The fourth-order valence-electron chi connectivity index (χ4n) is 3.12. The molecular formula is C26H22FN3O3S. The van der Waals surface area contributed by atoms with Crippen molar-refractivity contribution in [1.29, 1.82) is 0 Å². The van der Waals surface area contributed by atoms with E-state index in [4.69, 9.17) is 4.74 Å². The van der Waals surface area contributed by atoms with Crippen molar-refractivity contribution in [1.82, 2.24) is 5.32 Å². The Labute approximate surface area is 200 Å². The van der Waals surface area contributed by atoms with E-state index in [1.807, 2.05) is 38.1 Å². The molecule has 0 bridgehead atoms. The zero-order chi connectivity index (χ0) is 24.1. The van der Waals surface area contributed by atoms with Crippen molar-refractivity contribution in [3.63, 3.8) is 0 Å². The van der Waals surface area contributed by atoms with Gasteiger partial charge in [0, 0.05) is 5.69 Å². The van der Waals surface area contributed by atoms with E-state index in [0.29, 0.717) is 21.5 Å². The fourth-order valence-corrected chi connectivity index (χ4v) is 3.97. The predicted octanol–water partition coefficient (Wildman–Crippen LogP) is 5.35. The van der Waals surface area contributed by atoms with Crippen LogP contribution >= 0.6 is 11.8 Å². The molecule has 3 aromatic rings. The summed E-state index contributed by atoms with van der Waals surface area (Å²) < 4.78 is 18.7. The lowest BCUT2D eigenvalue weighted by atomic mass is 10.1. The Kier molecular flexibility index (Phi) is 7.08. The minimum Gasteiger partial charge on any atom is -0.484 e. The van der Waals surface area contributed by atoms with Gasteiger partial charge in [-0.15, -0.1) is 0 Å². The summed E-state index contributed by atoms with van der Waals surface area (Å²) in [5.74, 6) is -0.380. The summed E-state index contributed by atoms with van der Waals surface area (Å²) in [5, 5.41) is 5.94. The van der Waals surface area contributed by atoms with Crippen molar-refractivity contribution in [3.05, 3.63) is 94.1 Å². The van der Waals surface area contributed by atoms with Gasteiger partial charge < -0.3 is 15.4 Å². The summed E-state index contributed by atoms with van der Waals surface area (Å²) in [4.78, 5) is 29.4. The van der Waals surface area contributed by atoms with Gasteiger partial charge in [-0.25, -0.2) is 9.38 Å². The van der Waals surface area contributed by atoms with Crippen molar-refractivity contribution in [2.45, 2.75) is 13.8 Å². The summed E-state index contributed by atoms with van der Waals surface area (Å²) >= 11 is 1.19. The topological polar surface area (TPSA) is 79.8 Å². The number of carbonyl (C=O) groups is 2. The van der Waals surface area contributed by atoms with Crippen molar-refractivity contribution in [3.8, 4) is 5.75 Å². The third-order valence-corrected chi connectivity index (χ3v) is 5.93. The van der Waals surface area contributed by atoms with Crippen molar-refractivity contribution < 1.29 is 18.7 Å². The number of thioether (sulfide) groups is 1. The number of aryl methyl sites for hydroxylation is 2. The van der Waals surface area contributed by atoms with Gasteiger partial charge in [-0.2, -0.15) is 0 Å². The molecule has 6 nitrogen and oxygen atoms in total. The Morgan fingerprint density at radius 2 is 1.88 bits per heavy atom. The highest BCUT2D eigenvalue weighted by molar-refractivity contribution is 8.18. The van der Waals surface area contributed by atoms with Gasteiger partial charge in [0.05, 0.1) is 10.6 Å². The van der Waals surface area contributed by atoms with Crippen LogP contribution in [0.5, 0.6) is 5.75 Å². The van der Waals surface area contributed by atoms with Crippen LogP contribution in [0.4, 0.5) is 15.8 Å². The number of nitrogens with zero attached hydrogens (tertiary/aromatic N) is 1. The first-order chi connectivity index (χ1) is 16.4. The van der Waals surface area contributed by atoms with E-state index in [9.17, 15) is 14.0 Å². The fraction of sp³-hybridized carbons (Fsp3) is 0.115. The molecule has 4 rings (SSSR count). The quantitative estimate of drug-likeness (QED) is 0.471. The molecule has 34 heavy (non-hydrogen) atoms. The van der Waals surface area contributed by atoms with E-state index in [2.05, 4.69) is 15.6 Å². The first-order valence-electron chi connectivity index (χ1n) is 10.5. The van der Waals surface area contributed by atoms with E-state index in [1.165, 1.54) is 36.0 Å². The van der Waals surface area contributed by atoms with Crippen LogP contribution < -0.4 is 15.4 Å². The lowest BCUT2D eigenvalue weighted by Crippen LogP contribution is -2.20. The molecule has 0 spiro atoms. The highest BCUT2D eigenvalue weighted by Gasteiger charge is 2.23. The first-order valence-corrected chi connectivity index (χ1v) is 11.3. The molecule has 1 saturated heterocycles. The average Bonchev–Trinajstić information content (AvgIpc) is 3.15. The summed E-state index contributed by atoms with van der Waals surface area (Å²) in [7, 11) is 0. The normalized spacial score (nSPS) is 15.4. The van der Waals surface area contributed by atoms with Crippen LogP contribution in [-0.2, 0) is 9.59 Å². The Hall–Kier alpha value is -3.91. The largest absolute Gasteiger partial charge is 0.484 e. The van der Waals surface area contributed by atoms with Gasteiger partial charge in [-0.3, -0.25) is 9.59 Å². The molecule has 172 valence electrons. The first kappa shape index (κ1) is 23.3. The number of nitrogens with one attached hydrogen (secondary N) is 2. The smallest absolute Gasteiger partial charge is 0.264 e. The number of benzene rings is 3. The Morgan fingerprint density at radius 1 is 1.09 bits per heavy atom. The van der Waals surface area contributed by atoms with Gasteiger partial charge in [0.1, 0.15) is 11.6 Å². The molecule has 0 unspecified atom stereocenters. The van der Waals surface area contributed by atoms with Crippen LogP contribution in [0.2, 0.25) is 0 Å². The van der Waals surface area contributed by atoms with Crippen LogP contribution in [0, 0.1) is 19.7 Å². The zero-order valence-corrected chi connectivity index (χ0v) is 19.4. The van der Waals surface area contributed by atoms with Crippen molar-refractivity contribution in [2.75, 3.05) is 11.9 Å². The molecule has 1 fully saturated rings. The van der Waals surface area contributed by atoms with Crippen LogP contribution in [0.1, 0.15) is 16.7 Å². The van der Waals surface area contributed by atoms with E-state index in [1.54, 1.807) is 24.3 Å². The number of anilines is 1. The second-order valence-electron chi connectivity index (χ2n) is 7.67. The number of amides is 2. The number of ether oxygens (including phenoxy) is 1. The maximum Gasteiger partial charge on any atom is 0.264 e.